The van der Waals surface area contributed by atoms with Crippen molar-refractivity contribution in [3.8, 4) is 6.07 Å². The lowest BCUT2D eigenvalue weighted by atomic mass is 10.1. The van der Waals surface area contributed by atoms with E-state index in [9.17, 15) is 9.59 Å². The minimum absolute atomic E-state index is 0.283. The number of ether oxygens (including phenoxy) is 1. The van der Waals surface area contributed by atoms with Gasteiger partial charge < -0.3 is 10.1 Å². The Balaban J connectivity index is 1.84. The molecule has 0 heterocycles. The van der Waals surface area contributed by atoms with Crippen LogP contribution in [0.4, 0.5) is 5.69 Å². The van der Waals surface area contributed by atoms with Crippen LogP contribution in [0.1, 0.15) is 11.1 Å². The molecule has 0 spiro atoms. The van der Waals surface area contributed by atoms with Crippen molar-refractivity contribution in [2.24, 2.45) is 0 Å². The average molecular weight is 366 g/mol. The van der Waals surface area contributed by atoms with Gasteiger partial charge in [-0.1, -0.05) is 42.0 Å². The van der Waals surface area contributed by atoms with Gasteiger partial charge in [-0.15, -0.1) is 11.8 Å². The highest BCUT2D eigenvalue weighted by Crippen LogP contribution is 2.26. The normalized spacial score (nSPS) is 10.3. The average Bonchev–Trinajstić information content (AvgIpc) is 2.65. The molecule has 6 heteroatoms. The maximum Gasteiger partial charge on any atom is 0.331 e. The van der Waals surface area contributed by atoms with E-state index in [0.717, 1.165) is 16.0 Å². The third-order valence-electron chi connectivity index (χ3n) is 3.29. The number of rotatable bonds is 7. The fourth-order valence-corrected chi connectivity index (χ4v) is 2.69. The summed E-state index contributed by atoms with van der Waals surface area (Å²) in [6.45, 7) is 1.60. The zero-order valence-electron chi connectivity index (χ0n) is 14.3. The summed E-state index contributed by atoms with van der Waals surface area (Å²) in [5.74, 6) is -0.744. The highest BCUT2D eigenvalue weighted by molar-refractivity contribution is 7.99. The van der Waals surface area contributed by atoms with Gasteiger partial charge in [0.1, 0.15) is 0 Å². The van der Waals surface area contributed by atoms with Crippen LogP contribution in [-0.2, 0) is 14.3 Å². The Morgan fingerprint density at radius 1 is 1.19 bits per heavy atom. The van der Waals surface area contributed by atoms with Crippen molar-refractivity contribution >= 4 is 35.4 Å². The highest BCUT2D eigenvalue weighted by atomic mass is 32.2. The van der Waals surface area contributed by atoms with Gasteiger partial charge in [-0.2, -0.15) is 5.26 Å². The van der Waals surface area contributed by atoms with Crippen molar-refractivity contribution < 1.29 is 14.3 Å². The molecule has 0 bridgehead atoms. The monoisotopic (exact) mass is 366 g/mol. The Morgan fingerprint density at radius 3 is 2.65 bits per heavy atom. The number of hydrogen-bond acceptors (Lipinski definition) is 5. The molecule has 0 radical (unpaired) electrons. The van der Waals surface area contributed by atoms with E-state index >= 15 is 0 Å². The highest BCUT2D eigenvalue weighted by Gasteiger charge is 2.09. The van der Waals surface area contributed by atoms with E-state index in [2.05, 4.69) is 5.32 Å². The van der Waals surface area contributed by atoms with Gasteiger partial charge in [0.2, 0.25) is 0 Å². The summed E-state index contributed by atoms with van der Waals surface area (Å²) in [6.07, 6.45) is 2.92. The molecule has 0 aromatic heterocycles. The van der Waals surface area contributed by atoms with Crippen LogP contribution in [0.25, 0.3) is 6.08 Å². The zero-order valence-corrected chi connectivity index (χ0v) is 15.1. The van der Waals surface area contributed by atoms with Gasteiger partial charge in [0.25, 0.3) is 5.91 Å². The lowest BCUT2D eigenvalue weighted by Gasteiger charge is -2.09. The molecule has 0 aliphatic rings. The van der Waals surface area contributed by atoms with Crippen LogP contribution in [0.5, 0.6) is 0 Å². The Kier molecular flexibility index (Phi) is 7.47. The fourth-order valence-electron chi connectivity index (χ4n) is 2.02. The summed E-state index contributed by atoms with van der Waals surface area (Å²) < 4.78 is 4.95. The second kappa shape index (κ2) is 10.1. The van der Waals surface area contributed by atoms with Crippen LogP contribution in [0, 0.1) is 18.3 Å². The second-order valence-corrected chi connectivity index (χ2v) is 6.36. The molecule has 2 aromatic carbocycles. The van der Waals surface area contributed by atoms with Gasteiger partial charge in [-0.25, -0.2) is 4.79 Å². The van der Waals surface area contributed by atoms with Gasteiger partial charge >= 0.3 is 5.97 Å². The number of para-hydroxylation sites is 1. The number of amides is 1. The molecule has 1 amide bonds. The topological polar surface area (TPSA) is 79.2 Å². The molecule has 0 aliphatic heterocycles. The Labute approximate surface area is 156 Å². The number of carbonyl (C=O) groups excluding carboxylic acids is 2. The molecule has 2 rings (SSSR count). The first-order chi connectivity index (χ1) is 12.6. The molecule has 1 N–H and O–H groups in total. The van der Waals surface area contributed by atoms with E-state index in [1.165, 1.54) is 17.8 Å². The van der Waals surface area contributed by atoms with Gasteiger partial charge in [-0.05, 0) is 30.7 Å². The third-order valence-corrected chi connectivity index (χ3v) is 4.23. The van der Waals surface area contributed by atoms with Crippen molar-refractivity contribution in [1.82, 2.24) is 0 Å². The van der Waals surface area contributed by atoms with Crippen LogP contribution in [0.2, 0.25) is 0 Å². The first-order valence-electron chi connectivity index (χ1n) is 7.88. The van der Waals surface area contributed by atoms with E-state index in [-0.39, 0.29) is 12.4 Å². The SMILES string of the molecule is Cc1ccc(/C=C/C(=O)OCC(=O)Nc2ccccc2SCC#N)cc1. The quantitative estimate of drug-likeness (QED) is 0.458. The Morgan fingerprint density at radius 2 is 1.92 bits per heavy atom. The first-order valence-corrected chi connectivity index (χ1v) is 8.87. The number of nitrogens with zero attached hydrogens (tertiary/aromatic N) is 1. The molecule has 132 valence electrons. The van der Waals surface area contributed by atoms with Gasteiger partial charge in [0.05, 0.1) is 17.5 Å². The molecule has 5 nitrogen and oxygen atoms in total. The number of carbonyl (C=O) groups is 2. The third kappa shape index (κ3) is 6.46. The van der Waals surface area contributed by atoms with Crippen molar-refractivity contribution in [1.29, 1.82) is 5.26 Å². The number of thioether (sulfide) groups is 1. The van der Waals surface area contributed by atoms with Gasteiger partial charge in [0, 0.05) is 11.0 Å². The fraction of sp³-hybridized carbons (Fsp3) is 0.150. The van der Waals surface area contributed by atoms with Crippen LogP contribution in [-0.4, -0.2) is 24.2 Å². The zero-order chi connectivity index (χ0) is 18.8. The summed E-state index contributed by atoms with van der Waals surface area (Å²) in [4.78, 5) is 24.5. The van der Waals surface area contributed by atoms with E-state index < -0.39 is 11.9 Å². The standard InChI is InChI=1S/C20H18N2O3S/c1-15-6-8-16(9-7-15)10-11-20(24)25-14-19(23)22-17-4-2-3-5-18(17)26-13-12-21/h2-11H,13-14H2,1H3,(H,22,23)/b11-10+. The number of nitriles is 1. The van der Waals surface area contributed by atoms with Crippen LogP contribution in [0.15, 0.2) is 59.5 Å². The largest absolute Gasteiger partial charge is 0.452 e. The number of esters is 1. The number of benzene rings is 2. The Bertz CT molecular complexity index is 839. The number of anilines is 1. The van der Waals surface area contributed by atoms with E-state index in [4.69, 9.17) is 10.00 Å². The molecule has 26 heavy (non-hydrogen) atoms. The summed E-state index contributed by atoms with van der Waals surface area (Å²) in [7, 11) is 0. The first kappa shape index (κ1) is 19.3. The minimum atomic E-state index is -0.590. The molecular weight excluding hydrogens is 348 g/mol. The minimum Gasteiger partial charge on any atom is -0.452 e. The molecule has 0 aliphatic carbocycles. The molecule has 0 unspecified atom stereocenters. The van der Waals surface area contributed by atoms with E-state index in [1.54, 1.807) is 18.2 Å². The van der Waals surface area contributed by atoms with Crippen LogP contribution < -0.4 is 5.32 Å². The van der Waals surface area contributed by atoms with Crippen molar-refractivity contribution in [3.63, 3.8) is 0 Å². The Hall–Kier alpha value is -3.04. The lowest BCUT2D eigenvalue weighted by Crippen LogP contribution is -2.20. The van der Waals surface area contributed by atoms with E-state index in [1.807, 2.05) is 49.4 Å². The van der Waals surface area contributed by atoms with Crippen molar-refractivity contribution in [3.05, 3.63) is 65.7 Å². The number of hydrogen-bond donors (Lipinski definition) is 1. The smallest absolute Gasteiger partial charge is 0.331 e. The maximum atomic E-state index is 12.0. The molecule has 0 saturated carbocycles. The van der Waals surface area contributed by atoms with Crippen LogP contribution in [0.3, 0.4) is 0 Å². The van der Waals surface area contributed by atoms with Gasteiger partial charge in [0.15, 0.2) is 6.61 Å². The summed E-state index contributed by atoms with van der Waals surface area (Å²) in [5, 5.41) is 11.4. The van der Waals surface area contributed by atoms with Crippen molar-refractivity contribution in [2.45, 2.75) is 11.8 Å². The second-order valence-electron chi connectivity index (χ2n) is 5.34. The van der Waals surface area contributed by atoms with Crippen LogP contribution >= 0.6 is 11.8 Å². The predicted molar refractivity (Wildman–Crippen MR) is 103 cm³/mol. The molecule has 0 atom stereocenters. The summed E-state index contributed by atoms with van der Waals surface area (Å²) in [5.41, 5.74) is 2.60. The molecule has 0 fully saturated rings. The van der Waals surface area contributed by atoms with E-state index in [0.29, 0.717) is 5.69 Å². The number of aryl methyl sites for hydroxylation is 1. The molecule has 0 saturated heterocycles. The lowest BCUT2D eigenvalue weighted by molar-refractivity contribution is -0.142. The van der Waals surface area contributed by atoms with Gasteiger partial charge in [-0.3, -0.25) is 4.79 Å². The summed E-state index contributed by atoms with van der Waals surface area (Å²) >= 11 is 1.33. The number of nitrogens with one attached hydrogen (secondary N) is 1. The van der Waals surface area contributed by atoms with Crippen molar-refractivity contribution in [2.75, 3.05) is 17.7 Å². The summed E-state index contributed by atoms with van der Waals surface area (Å²) in [6, 6.07) is 16.9. The predicted octanol–water partition coefficient (Wildman–Crippen LogP) is 3.81. The molecule has 2 aromatic rings. The maximum absolute atomic E-state index is 12.0. The molecular formula is C20H18N2O3S.